The van der Waals surface area contributed by atoms with Crippen molar-refractivity contribution in [2.75, 3.05) is 11.9 Å². The highest BCUT2D eigenvalue weighted by Crippen LogP contribution is 2.19. The van der Waals surface area contributed by atoms with Crippen LogP contribution in [0.15, 0.2) is 23.0 Å². The van der Waals surface area contributed by atoms with E-state index in [2.05, 4.69) is 5.32 Å². The van der Waals surface area contributed by atoms with Crippen LogP contribution in [0.2, 0.25) is 0 Å². The minimum Gasteiger partial charge on any atom is -0.505 e. The maximum atomic E-state index is 13.4. The summed E-state index contributed by atoms with van der Waals surface area (Å²) in [6.07, 6.45) is 1.36. The van der Waals surface area contributed by atoms with Gasteiger partial charge in [-0.25, -0.2) is 9.18 Å². The number of nitrogens with zero attached hydrogens (tertiary/aromatic N) is 2. The number of anilines is 1. The molecule has 1 heterocycles. The van der Waals surface area contributed by atoms with Crippen molar-refractivity contribution in [1.82, 2.24) is 4.57 Å². The van der Waals surface area contributed by atoms with E-state index in [0.717, 1.165) is 17.4 Å². The smallest absolute Gasteiger partial charge is 0.351 e. The third-order valence-corrected chi connectivity index (χ3v) is 4.48. The van der Waals surface area contributed by atoms with Crippen molar-refractivity contribution < 1.29 is 19.0 Å². The second-order valence-corrected chi connectivity index (χ2v) is 6.01. The first kappa shape index (κ1) is 19.2. The summed E-state index contributed by atoms with van der Waals surface area (Å²) in [5, 5.41) is 21.2. The summed E-state index contributed by atoms with van der Waals surface area (Å²) in [6.45, 7) is 3.70. The van der Waals surface area contributed by atoms with Gasteiger partial charge in [0.2, 0.25) is 0 Å². The molecule has 0 saturated carbocycles. The van der Waals surface area contributed by atoms with Gasteiger partial charge in [0.05, 0.1) is 6.61 Å². The molecular weight excluding hydrogens is 361 g/mol. The van der Waals surface area contributed by atoms with Crippen molar-refractivity contribution in [3.63, 3.8) is 0 Å². The van der Waals surface area contributed by atoms with E-state index in [-0.39, 0.29) is 27.9 Å². The molecule has 2 rings (SSSR count). The first-order valence-corrected chi connectivity index (χ1v) is 8.51. The number of phenolic OH excluding ortho intramolecular Hbond substituents is 1. The maximum absolute atomic E-state index is 13.4. The summed E-state index contributed by atoms with van der Waals surface area (Å²) in [5.74, 6) is -2.08. The Morgan fingerprint density at radius 3 is 2.81 bits per heavy atom. The second-order valence-electron chi connectivity index (χ2n) is 4.98. The number of thiazole rings is 1. The van der Waals surface area contributed by atoms with Crippen LogP contribution < -0.4 is 20.1 Å². The van der Waals surface area contributed by atoms with E-state index in [1.807, 2.05) is 0 Å². The molecule has 1 aromatic carbocycles. The van der Waals surface area contributed by atoms with Gasteiger partial charge in [0.1, 0.15) is 15.3 Å². The van der Waals surface area contributed by atoms with Gasteiger partial charge in [-0.2, -0.15) is 5.26 Å². The van der Waals surface area contributed by atoms with Gasteiger partial charge in [0.15, 0.2) is 17.1 Å². The molecule has 0 bridgehead atoms. The zero-order valence-corrected chi connectivity index (χ0v) is 14.9. The number of nitrogens with one attached hydrogen (secondary N) is 1. The summed E-state index contributed by atoms with van der Waals surface area (Å²) in [4.78, 5) is 24.4. The van der Waals surface area contributed by atoms with Crippen molar-refractivity contribution in [2.45, 2.75) is 20.4 Å². The molecule has 0 spiro atoms. The third kappa shape index (κ3) is 3.92. The topological polar surface area (TPSA) is 104 Å². The molecule has 0 aliphatic rings. The van der Waals surface area contributed by atoms with Gasteiger partial charge in [0, 0.05) is 24.5 Å². The van der Waals surface area contributed by atoms with Crippen LogP contribution in [-0.2, 0) is 16.1 Å². The first-order valence-electron chi connectivity index (χ1n) is 7.69. The monoisotopic (exact) mass is 377 g/mol. The van der Waals surface area contributed by atoms with Crippen LogP contribution in [-0.4, -0.2) is 22.2 Å². The number of ether oxygens (including phenoxy) is 1. The second kappa shape index (κ2) is 8.31. The van der Waals surface area contributed by atoms with E-state index in [1.165, 1.54) is 22.9 Å². The van der Waals surface area contributed by atoms with Crippen LogP contribution in [0.4, 0.5) is 10.1 Å². The van der Waals surface area contributed by atoms with Crippen LogP contribution in [0, 0.1) is 17.1 Å². The Hall–Kier alpha value is -3.12. The number of carbonyl (C=O) groups is 1. The van der Waals surface area contributed by atoms with E-state index in [9.17, 15) is 24.3 Å². The van der Waals surface area contributed by atoms with E-state index >= 15 is 0 Å². The molecule has 136 valence electrons. The molecule has 0 aliphatic carbocycles. The molecule has 26 heavy (non-hydrogen) atoms. The lowest BCUT2D eigenvalue weighted by molar-refractivity contribution is -0.136. The zero-order valence-electron chi connectivity index (χ0n) is 14.1. The van der Waals surface area contributed by atoms with Crippen molar-refractivity contribution in [1.29, 1.82) is 5.26 Å². The summed E-state index contributed by atoms with van der Waals surface area (Å²) < 4.78 is 19.9. The Morgan fingerprint density at radius 1 is 1.50 bits per heavy atom. The normalized spacial score (nSPS) is 12.5. The fraction of sp³-hybridized carbons (Fsp3) is 0.235. The highest BCUT2D eigenvalue weighted by molar-refractivity contribution is 7.07. The molecule has 0 fully saturated rings. The van der Waals surface area contributed by atoms with E-state index in [1.54, 1.807) is 19.9 Å². The Balaban J connectivity index is 2.56. The zero-order chi connectivity index (χ0) is 19.3. The maximum Gasteiger partial charge on any atom is 0.351 e. The van der Waals surface area contributed by atoms with Gasteiger partial charge >= 0.3 is 5.97 Å². The Labute approximate surface area is 151 Å². The summed E-state index contributed by atoms with van der Waals surface area (Å²) in [5.41, 5.74) is -0.310. The predicted molar refractivity (Wildman–Crippen MR) is 95.3 cm³/mol. The number of aromatic hydroxyl groups is 1. The Kier molecular flexibility index (Phi) is 6.14. The number of halogens is 1. The lowest BCUT2D eigenvalue weighted by atomic mass is 10.3. The van der Waals surface area contributed by atoms with Gasteiger partial charge < -0.3 is 15.2 Å². The van der Waals surface area contributed by atoms with Crippen molar-refractivity contribution in [3.8, 4) is 11.8 Å². The SMILES string of the molecule is CCOC(=O)C(C#N)=c1sc(=CNc2ccc(O)c(F)c2)c(=O)n1CC. The van der Waals surface area contributed by atoms with Gasteiger partial charge in [-0.05, 0) is 26.0 Å². The van der Waals surface area contributed by atoms with Crippen LogP contribution in [0.3, 0.4) is 0 Å². The molecule has 0 amide bonds. The molecule has 2 N–H and O–H groups in total. The molecule has 7 nitrogen and oxygen atoms in total. The summed E-state index contributed by atoms with van der Waals surface area (Å²) >= 11 is 0.953. The average Bonchev–Trinajstić information content (AvgIpc) is 2.92. The number of aromatic nitrogens is 1. The van der Waals surface area contributed by atoms with E-state index in [4.69, 9.17) is 4.74 Å². The van der Waals surface area contributed by atoms with Crippen molar-refractivity contribution in [3.05, 3.63) is 43.6 Å². The van der Waals surface area contributed by atoms with Crippen LogP contribution in [0.5, 0.6) is 5.75 Å². The Bertz CT molecular complexity index is 1050. The minimum absolute atomic E-state index is 0.110. The molecule has 1 aromatic heterocycles. The Morgan fingerprint density at radius 2 is 2.23 bits per heavy atom. The molecule has 0 aliphatic heterocycles. The lowest BCUT2D eigenvalue weighted by Gasteiger charge is -2.00. The number of hydrogen-bond donors (Lipinski definition) is 2. The number of benzene rings is 1. The molecule has 0 unspecified atom stereocenters. The van der Waals surface area contributed by atoms with Gasteiger partial charge in [-0.3, -0.25) is 9.36 Å². The average molecular weight is 377 g/mol. The quantitative estimate of drug-likeness (QED) is 0.592. The van der Waals surface area contributed by atoms with Crippen molar-refractivity contribution in [2.24, 2.45) is 0 Å². The lowest BCUT2D eigenvalue weighted by Crippen LogP contribution is -2.32. The highest BCUT2D eigenvalue weighted by atomic mass is 32.1. The standard InChI is InChI=1S/C17H16FN3O4S/c1-3-21-15(23)14(9-20-10-5-6-13(22)12(18)7-10)26-16(21)11(8-19)17(24)25-4-2/h5-7,9,20,22H,3-4H2,1-2H3. The fourth-order valence-corrected chi connectivity index (χ4v) is 3.20. The van der Waals surface area contributed by atoms with Gasteiger partial charge in [-0.15, -0.1) is 11.3 Å². The summed E-state index contributed by atoms with van der Waals surface area (Å²) in [7, 11) is 0. The number of carbonyl (C=O) groups excluding carboxylic acids is 1. The molecule has 0 radical (unpaired) electrons. The fourth-order valence-electron chi connectivity index (χ4n) is 2.12. The molecule has 9 heteroatoms. The minimum atomic E-state index is -0.802. The summed E-state index contributed by atoms with van der Waals surface area (Å²) in [6, 6.07) is 5.48. The van der Waals surface area contributed by atoms with E-state index < -0.39 is 23.1 Å². The van der Waals surface area contributed by atoms with Crippen molar-refractivity contribution >= 4 is 34.8 Å². The number of esters is 1. The van der Waals surface area contributed by atoms with Crippen LogP contribution in [0.25, 0.3) is 11.8 Å². The number of nitriles is 1. The van der Waals surface area contributed by atoms with E-state index in [0.29, 0.717) is 5.69 Å². The van der Waals surface area contributed by atoms with Gasteiger partial charge in [0.25, 0.3) is 5.56 Å². The van der Waals surface area contributed by atoms with Crippen LogP contribution >= 0.6 is 11.3 Å². The number of rotatable bonds is 5. The molecule has 0 saturated heterocycles. The number of phenols is 1. The molecular formula is C17H16FN3O4S. The highest BCUT2D eigenvalue weighted by Gasteiger charge is 2.16. The third-order valence-electron chi connectivity index (χ3n) is 3.35. The molecule has 2 aromatic rings. The molecule has 0 atom stereocenters. The number of hydrogen-bond acceptors (Lipinski definition) is 7. The predicted octanol–water partition coefficient (Wildman–Crippen LogP) is 0.862. The van der Waals surface area contributed by atoms with Gasteiger partial charge in [-0.1, -0.05) is 0 Å². The first-order chi connectivity index (χ1) is 12.4. The van der Waals surface area contributed by atoms with Crippen LogP contribution in [0.1, 0.15) is 13.8 Å². The largest absolute Gasteiger partial charge is 0.505 e.